The molecule has 1 atom stereocenters. The zero-order valence-electron chi connectivity index (χ0n) is 8.77. The zero-order valence-corrected chi connectivity index (χ0v) is 9.59. The van der Waals surface area contributed by atoms with Gasteiger partial charge in [0, 0.05) is 12.3 Å². The second-order valence-corrected chi connectivity index (χ2v) is 5.68. The van der Waals surface area contributed by atoms with E-state index in [0.29, 0.717) is 13.0 Å². The number of rotatable bonds is 8. The first-order valence-electron chi connectivity index (χ1n) is 4.77. The van der Waals surface area contributed by atoms with Crippen LogP contribution in [0.15, 0.2) is 0 Å². The highest BCUT2D eigenvalue weighted by molar-refractivity contribution is 7.91. The molecule has 0 aliphatic heterocycles. The fourth-order valence-electron chi connectivity index (χ4n) is 0.901. The number of nitrogens with one attached hydrogen (secondary N) is 1. The molecule has 0 fully saturated rings. The molecule has 0 rings (SSSR count). The molecule has 1 unspecified atom stereocenters. The van der Waals surface area contributed by atoms with Crippen molar-refractivity contribution in [3.05, 3.63) is 0 Å². The molecular formula is C8H18N2O4S. The number of nitrogens with two attached hydrogens (primary N) is 1. The van der Waals surface area contributed by atoms with Gasteiger partial charge in [-0.05, 0) is 13.0 Å². The van der Waals surface area contributed by atoms with E-state index in [1.165, 1.54) is 0 Å². The van der Waals surface area contributed by atoms with Gasteiger partial charge < -0.3 is 16.2 Å². The molecule has 0 bridgehead atoms. The third-order valence-corrected chi connectivity index (χ3v) is 3.71. The molecule has 0 aromatic carbocycles. The zero-order chi connectivity index (χ0) is 11.9. The molecule has 0 heterocycles. The Kier molecular flexibility index (Phi) is 6.46. The van der Waals surface area contributed by atoms with Gasteiger partial charge in [0.05, 0.1) is 5.75 Å². The Hall–Kier alpha value is -0.660. The Bertz CT molecular complexity index is 289. The predicted molar refractivity (Wildman–Crippen MR) is 57.0 cm³/mol. The minimum atomic E-state index is -2.93. The maximum absolute atomic E-state index is 11.1. The summed E-state index contributed by atoms with van der Waals surface area (Å²) in [4.78, 5) is 10.4. The number of amides is 1. The topological polar surface area (TPSA) is 109 Å². The molecule has 0 aromatic heterocycles. The second-order valence-electron chi connectivity index (χ2n) is 3.21. The number of hydrogen-bond acceptors (Lipinski definition) is 5. The van der Waals surface area contributed by atoms with Crippen LogP contribution in [-0.4, -0.2) is 50.1 Å². The summed E-state index contributed by atoms with van der Waals surface area (Å²) in [6.07, 6.45) is -0.755. The van der Waals surface area contributed by atoms with Gasteiger partial charge >= 0.3 is 0 Å². The fraction of sp³-hybridized carbons (Fsp3) is 0.875. The first-order chi connectivity index (χ1) is 6.89. The van der Waals surface area contributed by atoms with Crippen LogP contribution in [0.2, 0.25) is 0 Å². The molecule has 0 saturated heterocycles. The average Bonchev–Trinajstić information content (AvgIpc) is 2.16. The summed E-state index contributed by atoms with van der Waals surface area (Å²) in [5, 5.41) is 11.7. The molecule has 0 aliphatic carbocycles. The number of carbonyl (C=O) groups excluding carboxylic acids is 1. The summed E-state index contributed by atoms with van der Waals surface area (Å²) < 4.78 is 22.1. The maximum Gasteiger partial charge on any atom is 0.247 e. The summed E-state index contributed by atoms with van der Waals surface area (Å²) >= 11 is 0. The molecule has 0 saturated carbocycles. The van der Waals surface area contributed by atoms with E-state index in [1.54, 1.807) is 6.92 Å². The fourth-order valence-corrected chi connectivity index (χ4v) is 1.77. The van der Waals surface area contributed by atoms with Crippen LogP contribution in [0.5, 0.6) is 0 Å². The van der Waals surface area contributed by atoms with Crippen molar-refractivity contribution in [1.29, 1.82) is 0 Å². The van der Waals surface area contributed by atoms with Gasteiger partial charge in [-0.25, -0.2) is 8.42 Å². The molecule has 4 N–H and O–H groups in total. The van der Waals surface area contributed by atoms with E-state index in [1.807, 2.05) is 0 Å². The van der Waals surface area contributed by atoms with Crippen molar-refractivity contribution in [2.24, 2.45) is 5.73 Å². The number of hydrogen-bond donors (Lipinski definition) is 3. The molecule has 0 aromatic rings. The first-order valence-corrected chi connectivity index (χ1v) is 6.59. The van der Waals surface area contributed by atoms with Gasteiger partial charge in [0.1, 0.15) is 15.9 Å². The first kappa shape index (κ1) is 14.3. The molecule has 0 aliphatic rings. The Morgan fingerprint density at radius 3 is 2.60 bits per heavy atom. The van der Waals surface area contributed by atoms with Crippen molar-refractivity contribution < 1.29 is 18.3 Å². The Morgan fingerprint density at radius 1 is 1.53 bits per heavy atom. The second kappa shape index (κ2) is 6.76. The minimum absolute atomic E-state index is 0.0570. The maximum atomic E-state index is 11.1. The van der Waals surface area contributed by atoms with E-state index < -0.39 is 21.8 Å². The average molecular weight is 238 g/mol. The van der Waals surface area contributed by atoms with Gasteiger partial charge in [0.25, 0.3) is 0 Å². The molecule has 6 nitrogen and oxygen atoms in total. The quantitative estimate of drug-likeness (QED) is 0.434. The van der Waals surface area contributed by atoms with Crippen molar-refractivity contribution in [2.75, 3.05) is 24.6 Å². The largest absolute Gasteiger partial charge is 0.382 e. The lowest BCUT2D eigenvalue weighted by molar-refractivity contribution is -0.125. The number of aliphatic hydroxyl groups excluding tert-OH is 1. The lowest BCUT2D eigenvalue weighted by atomic mass is 10.3. The summed E-state index contributed by atoms with van der Waals surface area (Å²) in [6, 6.07) is 0. The van der Waals surface area contributed by atoms with Crippen molar-refractivity contribution in [3.8, 4) is 0 Å². The number of aliphatic hydroxyl groups is 1. The summed E-state index contributed by atoms with van der Waals surface area (Å²) in [5.74, 6) is -0.538. The smallest absolute Gasteiger partial charge is 0.247 e. The van der Waals surface area contributed by atoms with E-state index in [-0.39, 0.29) is 18.1 Å². The van der Waals surface area contributed by atoms with Crippen molar-refractivity contribution in [3.63, 3.8) is 0 Å². The van der Waals surface area contributed by atoms with Crippen LogP contribution in [0.3, 0.4) is 0 Å². The Balaban J connectivity index is 3.53. The van der Waals surface area contributed by atoms with E-state index in [4.69, 9.17) is 10.8 Å². The van der Waals surface area contributed by atoms with Crippen LogP contribution in [0, 0.1) is 0 Å². The lowest BCUT2D eigenvalue weighted by Gasteiger charge is -2.07. The third-order valence-electron chi connectivity index (χ3n) is 1.91. The van der Waals surface area contributed by atoms with Crippen molar-refractivity contribution in [1.82, 2.24) is 5.32 Å². The van der Waals surface area contributed by atoms with Crippen LogP contribution in [0.1, 0.15) is 13.3 Å². The van der Waals surface area contributed by atoms with Crippen LogP contribution >= 0.6 is 0 Å². The molecule has 0 radical (unpaired) electrons. The van der Waals surface area contributed by atoms with Crippen LogP contribution in [-0.2, 0) is 14.6 Å². The Labute approximate surface area is 89.8 Å². The standard InChI is InChI=1S/C8H18N2O4S/c1-2-15(13,14)5-3-4-10-6-7(11)8(9)12/h7,10-11H,2-6H2,1H3,(H2,9,12). The molecule has 7 heteroatoms. The summed E-state index contributed by atoms with van der Waals surface area (Å²) in [6.45, 7) is 2.09. The monoisotopic (exact) mass is 238 g/mol. The van der Waals surface area contributed by atoms with Crippen LogP contribution < -0.4 is 11.1 Å². The third kappa shape index (κ3) is 7.29. The number of carbonyl (C=O) groups is 1. The molecule has 0 spiro atoms. The molecular weight excluding hydrogens is 220 g/mol. The minimum Gasteiger partial charge on any atom is -0.382 e. The normalized spacial score (nSPS) is 13.7. The van der Waals surface area contributed by atoms with Crippen LogP contribution in [0.4, 0.5) is 0 Å². The van der Waals surface area contributed by atoms with Gasteiger partial charge in [0.2, 0.25) is 5.91 Å². The van der Waals surface area contributed by atoms with Gasteiger partial charge in [-0.2, -0.15) is 0 Å². The van der Waals surface area contributed by atoms with Crippen molar-refractivity contribution in [2.45, 2.75) is 19.4 Å². The van der Waals surface area contributed by atoms with Gasteiger partial charge in [-0.3, -0.25) is 4.79 Å². The SMILES string of the molecule is CCS(=O)(=O)CCCNCC(O)C(N)=O. The van der Waals surface area contributed by atoms with Gasteiger partial charge in [-0.1, -0.05) is 6.92 Å². The van der Waals surface area contributed by atoms with Gasteiger partial charge in [-0.15, -0.1) is 0 Å². The predicted octanol–water partition coefficient (Wildman–Crippen LogP) is -1.75. The van der Waals surface area contributed by atoms with Crippen molar-refractivity contribution >= 4 is 15.7 Å². The van der Waals surface area contributed by atoms with E-state index in [0.717, 1.165) is 0 Å². The molecule has 1 amide bonds. The van der Waals surface area contributed by atoms with E-state index >= 15 is 0 Å². The number of sulfone groups is 1. The summed E-state index contributed by atoms with van der Waals surface area (Å²) in [7, 11) is -2.93. The highest BCUT2D eigenvalue weighted by atomic mass is 32.2. The Morgan fingerprint density at radius 2 is 2.13 bits per heavy atom. The molecule has 15 heavy (non-hydrogen) atoms. The summed E-state index contributed by atoms with van der Waals surface area (Å²) in [5.41, 5.74) is 4.82. The van der Waals surface area contributed by atoms with Gasteiger partial charge in [0.15, 0.2) is 0 Å². The molecule has 90 valence electrons. The van der Waals surface area contributed by atoms with E-state index in [9.17, 15) is 13.2 Å². The highest BCUT2D eigenvalue weighted by Gasteiger charge is 2.10. The lowest BCUT2D eigenvalue weighted by Crippen LogP contribution is -2.38. The highest BCUT2D eigenvalue weighted by Crippen LogP contribution is 1.92. The van der Waals surface area contributed by atoms with E-state index in [2.05, 4.69) is 5.32 Å². The van der Waals surface area contributed by atoms with Crippen LogP contribution in [0.25, 0.3) is 0 Å². The number of primary amides is 1.